The maximum atomic E-state index is 8.98. The van der Waals surface area contributed by atoms with E-state index in [1.165, 1.54) is 0 Å². The standard InChI is InChI=1S/C12H11NO3/c1-14-10-4-3-9-8(7-13)5-6-16-11(9)12(10)15-2/h3-5H,6H2,1-2H3. The Balaban J connectivity index is 2.62. The second kappa shape index (κ2) is 4.15. The van der Waals surface area contributed by atoms with Gasteiger partial charge in [0.1, 0.15) is 6.61 Å². The lowest BCUT2D eigenvalue weighted by Gasteiger charge is -2.19. The molecule has 0 atom stereocenters. The minimum atomic E-state index is 0.374. The van der Waals surface area contributed by atoms with Gasteiger partial charge < -0.3 is 14.2 Å². The van der Waals surface area contributed by atoms with E-state index < -0.39 is 0 Å². The first-order valence-electron chi connectivity index (χ1n) is 4.80. The van der Waals surface area contributed by atoms with Crippen LogP contribution in [0.15, 0.2) is 18.2 Å². The van der Waals surface area contributed by atoms with Gasteiger partial charge in [0.25, 0.3) is 0 Å². The van der Waals surface area contributed by atoms with Gasteiger partial charge in [-0.2, -0.15) is 5.26 Å². The molecule has 1 aliphatic rings. The van der Waals surface area contributed by atoms with Crippen LogP contribution in [0.1, 0.15) is 5.56 Å². The van der Waals surface area contributed by atoms with Crippen LogP contribution in [0.25, 0.3) is 5.57 Å². The summed E-state index contributed by atoms with van der Waals surface area (Å²) in [4.78, 5) is 0. The van der Waals surface area contributed by atoms with Crippen molar-refractivity contribution in [1.29, 1.82) is 5.26 Å². The van der Waals surface area contributed by atoms with E-state index in [2.05, 4.69) is 6.07 Å². The Labute approximate surface area is 93.7 Å². The summed E-state index contributed by atoms with van der Waals surface area (Å²) in [5.74, 6) is 1.70. The molecule has 0 saturated carbocycles. The maximum absolute atomic E-state index is 8.98. The van der Waals surface area contributed by atoms with Crippen LogP contribution in [0.2, 0.25) is 0 Å². The predicted octanol–water partition coefficient (Wildman–Crippen LogP) is 2.00. The smallest absolute Gasteiger partial charge is 0.203 e. The highest BCUT2D eigenvalue weighted by atomic mass is 16.5. The summed E-state index contributed by atoms with van der Waals surface area (Å²) in [6.07, 6.45) is 1.74. The third kappa shape index (κ3) is 1.47. The zero-order chi connectivity index (χ0) is 11.5. The van der Waals surface area contributed by atoms with Crippen molar-refractivity contribution >= 4 is 5.57 Å². The molecule has 0 radical (unpaired) electrons. The molecule has 0 spiro atoms. The minimum Gasteiger partial charge on any atom is -0.493 e. The first kappa shape index (κ1) is 10.4. The molecule has 82 valence electrons. The summed E-state index contributed by atoms with van der Waals surface area (Å²) in [5.41, 5.74) is 1.34. The Morgan fingerprint density at radius 2 is 2.12 bits per heavy atom. The van der Waals surface area contributed by atoms with E-state index in [1.807, 2.05) is 0 Å². The van der Waals surface area contributed by atoms with Gasteiger partial charge in [-0.1, -0.05) is 0 Å². The van der Waals surface area contributed by atoms with Crippen molar-refractivity contribution < 1.29 is 14.2 Å². The average molecular weight is 217 g/mol. The number of allylic oxidation sites excluding steroid dienone is 1. The largest absolute Gasteiger partial charge is 0.493 e. The van der Waals surface area contributed by atoms with E-state index in [1.54, 1.807) is 32.4 Å². The second-order valence-corrected chi connectivity index (χ2v) is 3.22. The minimum absolute atomic E-state index is 0.374. The number of fused-ring (bicyclic) bond motifs is 1. The van der Waals surface area contributed by atoms with Crippen molar-refractivity contribution in [3.63, 3.8) is 0 Å². The van der Waals surface area contributed by atoms with Crippen LogP contribution in [0.4, 0.5) is 0 Å². The van der Waals surface area contributed by atoms with Gasteiger partial charge in [0, 0.05) is 5.56 Å². The molecule has 0 aliphatic carbocycles. The van der Waals surface area contributed by atoms with Gasteiger partial charge in [-0.15, -0.1) is 0 Å². The third-order valence-electron chi connectivity index (χ3n) is 2.43. The SMILES string of the molecule is COc1ccc2c(c1OC)OCC=C2C#N. The molecule has 0 fully saturated rings. The van der Waals surface area contributed by atoms with E-state index in [9.17, 15) is 0 Å². The molecule has 1 aromatic carbocycles. The van der Waals surface area contributed by atoms with Gasteiger partial charge in [0.15, 0.2) is 11.5 Å². The summed E-state index contributed by atoms with van der Waals surface area (Å²) in [6, 6.07) is 5.69. The van der Waals surface area contributed by atoms with E-state index in [0.29, 0.717) is 29.4 Å². The summed E-state index contributed by atoms with van der Waals surface area (Å²) in [6.45, 7) is 0.374. The van der Waals surface area contributed by atoms with Gasteiger partial charge in [0.2, 0.25) is 5.75 Å². The molecule has 0 unspecified atom stereocenters. The Hall–Kier alpha value is -2.15. The zero-order valence-electron chi connectivity index (χ0n) is 9.11. The van der Waals surface area contributed by atoms with Gasteiger partial charge in [-0.3, -0.25) is 0 Å². The van der Waals surface area contributed by atoms with Crippen LogP contribution in [-0.4, -0.2) is 20.8 Å². The van der Waals surface area contributed by atoms with Crippen LogP contribution in [0, 0.1) is 11.3 Å². The zero-order valence-corrected chi connectivity index (χ0v) is 9.11. The van der Waals surface area contributed by atoms with E-state index in [0.717, 1.165) is 5.56 Å². The molecule has 4 nitrogen and oxygen atoms in total. The normalized spacial score (nSPS) is 12.9. The van der Waals surface area contributed by atoms with Crippen molar-refractivity contribution in [2.75, 3.05) is 20.8 Å². The van der Waals surface area contributed by atoms with Crippen molar-refractivity contribution in [3.05, 3.63) is 23.8 Å². The van der Waals surface area contributed by atoms with E-state index in [-0.39, 0.29) is 0 Å². The van der Waals surface area contributed by atoms with E-state index in [4.69, 9.17) is 19.5 Å². The van der Waals surface area contributed by atoms with Crippen LogP contribution in [-0.2, 0) is 0 Å². The Kier molecular flexibility index (Phi) is 2.69. The van der Waals surface area contributed by atoms with Crippen molar-refractivity contribution in [2.45, 2.75) is 0 Å². The number of methoxy groups -OCH3 is 2. The molecule has 0 saturated heterocycles. The number of hydrogen-bond donors (Lipinski definition) is 0. The molecule has 0 N–H and O–H groups in total. The van der Waals surface area contributed by atoms with Crippen molar-refractivity contribution in [1.82, 2.24) is 0 Å². The fourth-order valence-corrected chi connectivity index (χ4v) is 1.68. The molecule has 0 aromatic heterocycles. The van der Waals surface area contributed by atoms with Crippen molar-refractivity contribution in [3.8, 4) is 23.3 Å². The van der Waals surface area contributed by atoms with Crippen LogP contribution >= 0.6 is 0 Å². The predicted molar refractivity (Wildman–Crippen MR) is 58.6 cm³/mol. The number of ether oxygens (including phenoxy) is 3. The Morgan fingerprint density at radius 1 is 1.31 bits per heavy atom. The van der Waals surface area contributed by atoms with Crippen LogP contribution in [0.3, 0.4) is 0 Å². The molecule has 2 rings (SSSR count). The Bertz CT molecular complexity index is 486. The highest BCUT2D eigenvalue weighted by molar-refractivity contribution is 5.84. The quantitative estimate of drug-likeness (QED) is 0.760. The van der Waals surface area contributed by atoms with Crippen LogP contribution < -0.4 is 14.2 Å². The fourth-order valence-electron chi connectivity index (χ4n) is 1.68. The van der Waals surface area contributed by atoms with Gasteiger partial charge >= 0.3 is 0 Å². The molecule has 0 bridgehead atoms. The van der Waals surface area contributed by atoms with Gasteiger partial charge in [0.05, 0.1) is 25.9 Å². The molecular formula is C12H11NO3. The van der Waals surface area contributed by atoms with Gasteiger partial charge in [-0.05, 0) is 18.2 Å². The van der Waals surface area contributed by atoms with E-state index >= 15 is 0 Å². The topological polar surface area (TPSA) is 51.5 Å². The highest BCUT2D eigenvalue weighted by Crippen LogP contribution is 2.43. The first-order valence-corrected chi connectivity index (χ1v) is 4.80. The fraction of sp³-hybridized carbons (Fsp3) is 0.250. The maximum Gasteiger partial charge on any atom is 0.203 e. The molecule has 4 heteroatoms. The Morgan fingerprint density at radius 3 is 2.75 bits per heavy atom. The third-order valence-corrected chi connectivity index (χ3v) is 2.43. The lowest BCUT2D eigenvalue weighted by Crippen LogP contribution is -2.06. The highest BCUT2D eigenvalue weighted by Gasteiger charge is 2.21. The lowest BCUT2D eigenvalue weighted by atomic mass is 10.0. The number of nitrogens with zero attached hydrogens (tertiary/aromatic N) is 1. The van der Waals surface area contributed by atoms with Crippen LogP contribution in [0.5, 0.6) is 17.2 Å². The molecule has 1 heterocycles. The first-order chi connectivity index (χ1) is 7.81. The molecule has 1 aliphatic heterocycles. The number of benzene rings is 1. The number of rotatable bonds is 2. The summed E-state index contributed by atoms with van der Waals surface area (Å²) in [5, 5.41) is 8.98. The molecule has 16 heavy (non-hydrogen) atoms. The lowest BCUT2D eigenvalue weighted by molar-refractivity contribution is 0.304. The average Bonchev–Trinajstić information content (AvgIpc) is 2.36. The molecular weight excluding hydrogens is 206 g/mol. The number of nitriles is 1. The van der Waals surface area contributed by atoms with Gasteiger partial charge in [-0.25, -0.2) is 0 Å². The molecule has 0 amide bonds. The summed E-state index contributed by atoms with van der Waals surface area (Å²) in [7, 11) is 3.11. The summed E-state index contributed by atoms with van der Waals surface area (Å²) < 4.78 is 15.9. The second-order valence-electron chi connectivity index (χ2n) is 3.22. The summed E-state index contributed by atoms with van der Waals surface area (Å²) >= 11 is 0. The molecule has 1 aromatic rings. The number of hydrogen-bond acceptors (Lipinski definition) is 4. The van der Waals surface area contributed by atoms with Crippen molar-refractivity contribution in [2.24, 2.45) is 0 Å². The monoisotopic (exact) mass is 217 g/mol.